The molecule has 53 valence electrons. The topological polar surface area (TPSA) is 0 Å². The standard InChI is InChI=1S/C5H9S.2ClH.Zr/c1-3-4-5(2)6;;;/h4H,3H2,1-2H3;2*1H;/q;;;+2/p-2. The van der Waals surface area contributed by atoms with Crippen LogP contribution in [0.2, 0.25) is 3.63 Å². The van der Waals surface area contributed by atoms with Crippen molar-refractivity contribution in [3.63, 3.8) is 0 Å². The Morgan fingerprint density at radius 3 is 1.89 bits per heavy atom. The van der Waals surface area contributed by atoms with Gasteiger partial charge in [0.05, 0.1) is 0 Å². The van der Waals surface area contributed by atoms with Gasteiger partial charge in [0.2, 0.25) is 0 Å². The zero-order valence-electron chi connectivity index (χ0n) is 5.45. The van der Waals surface area contributed by atoms with Crippen molar-refractivity contribution in [3.8, 4) is 0 Å². The number of hydrogen-bond donors (Lipinski definition) is 0. The van der Waals surface area contributed by atoms with E-state index in [0.717, 1.165) is 3.63 Å². The summed E-state index contributed by atoms with van der Waals surface area (Å²) in [4.78, 5) is 1.17. The molecule has 0 spiro atoms. The summed E-state index contributed by atoms with van der Waals surface area (Å²) in [6.07, 6.45) is 1.22. The van der Waals surface area contributed by atoms with Crippen molar-refractivity contribution < 1.29 is 49.5 Å². The van der Waals surface area contributed by atoms with Gasteiger partial charge >= 0.3 is 65.7 Å². The molecule has 0 nitrogen and oxygen atoms in total. The van der Waals surface area contributed by atoms with E-state index in [9.17, 15) is 0 Å². The average molecular weight is 263 g/mol. The first-order valence-corrected chi connectivity index (χ1v) is 4.22. The molecule has 0 aliphatic carbocycles. The molecular formula is C5H9Cl2SZr. The molecule has 1 atom stereocenters. The third-order valence-corrected chi connectivity index (χ3v) is 3.77. The van der Waals surface area contributed by atoms with E-state index < -0.39 is 0 Å². The molecule has 0 aliphatic rings. The number of thiocarbonyl (C=S) groups is 1. The van der Waals surface area contributed by atoms with Crippen molar-refractivity contribution in [2.24, 2.45) is 0 Å². The van der Waals surface area contributed by atoms with Gasteiger partial charge in [0, 0.05) is 0 Å². The van der Waals surface area contributed by atoms with Gasteiger partial charge in [0.1, 0.15) is 0 Å². The fourth-order valence-corrected chi connectivity index (χ4v) is 0.454. The molecule has 0 aliphatic heterocycles. The Balaban J connectivity index is -0.000000180. The number of rotatable bonds is 2. The van der Waals surface area contributed by atoms with Crippen LogP contribution in [0.3, 0.4) is 0 Å². The van der Waals surface area contributed by atoms with Gasteiger partial charge in [-0.2, -0.15) is 0 Å². The van der Waals surface area contributed by atoms with Crippen molar-refractivity contribution in [1.29, 1.82) is 0 Å². The summed E-state index contributed by atoms with van der Waals surface area (Å²) in [5.41, 5.74) is 0. The van der Waals surface area contributed by atoms with Crippen molar-refractivity contribution in [2.45, 2.75) is 23.9 Å². The van der Waals surface area contributed by atoms with Gasteiger partial charge in [-0.15, -0.1) is 0 Å². The fraction of sp³-hybridized carbons (Fsp3) is 0.800. The molecule has 0 aromatic rings. The van der Waals surface area contributed by atoms with Gasteiger partial charge in [-0.25, -0.2) is 0 Å². The van der Waals surface area contributed by atoms with Crippen LogP contribution in [0.25, 0.3) is 0 Å². The second kappa shape index (κ2) is 9.55. The Labute approximate surface area is 89.8 Å². The summed E-state index contributed by atoms with van der Waals surface area (Å²) in [6.45, 7) is 4.20. The van der Waals surface area contributed by atoms with E-state index in [1.165, 1.54) is 11.3 Å². The molecule has 0 saturated carbocycles. The maximum absolute atomic E-state index is 4.94. The molecule has 0 radical (unpaired) electrons. The van der Waals surface area contributed by atoms with Crippen LogP contribution in [0.5, 0.6) is 0 Å². The van der Waals surface area contributed by atoms with Crippen molar-refractivity contribution >= 4 is 17.1 Å². The number of hydrogen-bond acceptors (Lipinski definition) is 1. The summed E-state index contributed by atoms with van der Waals surface area (Å²) in [5.74, 6) is 0. The predicted molar refractivity (Wildman–Crippen MR) is 32.3 cm³/mol. The van der Waals surface area contributed by atoms with E-state index in [2.05, 4.69) is 6.92 Å². The van der Waals surface area contributed by atoms with E-state index in [0.29, 0.717) is 0 Å². The Morgan fingerprint density at radius 2 is 1.89 bits per heavy atom. The monoisotopic (exact) mass is 261 g/mol. The SMILES string of the molecule is CC[CH]([Zr+2])C(C)=S.[Cl-].[Cl-]. The van der Waals surface area contributed by atoms with E-state index in [4.69, 9.17) is 12.2 Å². The van der Waals surface area contributed by atoms with E-state index in [1.54, 1.807) is 24.7 Å². The fourth-order valence-electron chi connectivity index (χ4n) is 0.287. The second-order valence-corrected chi connectivity index (χ2v) is 3.93. The maximum Gasteiger partial charge on any atom is -1.00 e. The van der Waals surface area contributed by atoms with E-state index in [1.807, 2.05) is 6.92 Å². The molecule has 0 rings (SSSR count). The summed E-state index contributed by atoms with van der Waals surface area (Å²) in [6, 6.07) is 0. The van der Waals surface area contributed by atoms with Crippen LogP contribution < -0.4 is 24.8 Å². The van der Waals surface area contributed by atoms with Gasteiger partial charge in [0.25, 0.3) is 0 Å². The van der Waals surface area contributed by atoms with Crippen molar-refractivity contribution in [2.75, 3.05) is 0 Å². The molecule has 0 aromatic heterocycles. The van der Waals surface area contributed by atoms with Crippen LogP contribution in [0.15, 0.2) is 0 Å². The first-order valence-electron chi connectivity index (χ1n) is 2.40. The van der Waals surface area contributed by atoms with Crippen LogP contribution in [-0.2, 0) is 24.7 Å². The average Bonchev–Trinajstić information content (AvgIpc) is 1.65. The smallest absolute Gasteiger partial charge is 1.00 e. The molecule has 0 aromatic carbocycles. The van der Waals surface area contributed by atoms with Crippen LogP contribution in [-0.4, -0.2) is 4.86 Å². The molecule has 0 N–H and O–H groups in total. The van der Waals surface area contributed by atoms with Gasteiger partial charge < -0.3 is 24.8 Å². The van der Waals surface area contributed by atoms with Crippen molar-refractivity contribution in [1.82, 2.24) is 0 Å². The van der Waals surface area contributed by atoms with Gasteiger partial charge in [-0.3, -0.25) is 0 Å². The van der Waals surface area contributed by atoms with Crippen LogP contribution in [0, 0.1) is 0 Å². The number of halogens is 2. The largest absolute Gasteiger partial charge is 1.00 e. The molecule has 0 fully saturated rings. The molecule has 0 saturated heterocycles. The zero-order chi connectivity index (χ0) is 5.86. The van der Waals surface area contributed by atoms with Crippen LogP contribution in [0.4, 0.5) is 0 Å². The Bertz CT molecular complexity index is 77.4. The Kier molecular flexibility index (Phi) is 17.9. The molecule has 9 heavy (non-hydrogen) atoms. The minimum atomic E-state index is 0. The predicted octanol–water partition coefficient (Wildman–Crippen LogP) is -3.87. The minimum absolute atomic E-state index is 0. The molecular weight excluding hydrogens is 254 g/mol. The van der Waals surface area contributed by atoms with Gasteiger partial charge in [0.15, 0.2) is 0 Å². The van der Waals surface area contributed by atoms with E-state index in [-0.39, 0.29) is 24.8 Å². The molecule has 4 heteroatoms. The zero-order valence-corrected chi connectivity index (χ0v) is 10.2. The Morgan fingerprint density at radius 1 is 1.56 bits per heavy atom. The minimum Gasteiger partial charge on any atom is -1.00 e. The van der Waals surface area contributed by atoms with E-state index >= 15 is 0 Å². The third-order valence-electron chi connectivity index (χ3n) is 0.899. The quantitative estimate of drug-likeness (QED) is 0.460. The normalized spacial score (nSPS) is 10.7. The first-order chi connectivity index (χ1) is 3.18. The maximum atomic E-state index is 4.94. The Hall–Kier alpha value is 1.55. The van der Waals surface area contributed by atoms with Crippen LogP contribution >= 0.6 is 12.2 Å². The molecule has 0 heterocycles. The summed E-state index contributed by atoms with van der Waals surface area (Å²) in [7, 11) is 0. The molecule has 0 amide bonds. The summed E-state index contributed by atoms with van der Waals surface area (Å²) < 4.78 is 0.724. The third kappa shape index (κ3) is 9.55. The molecule has 1 unspecified atom stereocenters. The summed E-state index contributed by atoms with van der Waals surface area (Å²) in [5, 5.41) is 0. The summed E-state index contributed by atoms with van der Waals surface area (Å²) >= 11 is 6.50. The first kappa shape index (κ1) is 16.9. The van der Waals surface area contributed by atoms with Crippen molar-refractivity contribution in [3.05, 3.63) is 0 Å². The molecule has 0 bridgehead atoms. The second-order valence-electron chi connectivity index (χ2n) is 1.57. The van der Waals surface area contributed by atoms with Crippen LogP contribution in [0.1, 0.15) is 20.3 Å². The van der Waals surface area contributed by atoms with Gasteiger partial charge in [-0.05, 0) is 0 Å². The van der Waals surface area contributed by atoms with Gasteiger partial charge in [-0.1, -0.05) is 0 Å².